The van der Waals surface area contributed by atoms with Crippen LogP contribution in [-0.4, -0.2) is 52.3 Å². The van der Waals surface area contributed by atoms with Crippen LogP contribution in [0.1, 0.15) is 45.4 Å². The molecule has 0 aliphatic rings. The summed E-state index contributed by atoms with van der Waals surface area (Å²) in [6.45, 7) is 5.26. The molecule has 0 spiro atoms. The van der Waals surface area contributed by atoms with Gasteiger partial charge < -0.3 is 19.9 Å². The number of rotatable bonds is 16. The second kappa shape index (κ2) is 14.8. The number of para-hydroxylation sites is 1. The van der Waals surface area contributed by atoms with E-state index in [4.69, 9.17) is 9.94 Å². The van der Waals surface area contributed by atoms with Crippen LogP contribution >= 0.6 is 0 Å². The monoisotopic (exact) mass is 530 g/mol. The van der Waals surface area contributed by atoms with Crippen molar-refractivity contribution in [2.75, 3.05) is 31.1 Å². The Morgan fingerprint density at radius 1 is 0.974 bits per heavy atom. The SMILES string of the molecule is CCN(c1ccccc1)c1ncnc2[nH]c(-c3ccc(OCCNCCCCCCCC(=O)NO)cc3)cc12. The molecule has 0 atom stereocenters. The van der Waals surface area contributed by atoms with Gasteiger partial charge in [0.2, 0.25) is 5.91 Å². The number of nitrogens with one attached hydrogen (secondary N) is 3. The van der Waals surface area contributed by atoms with Crippen molar-refractivity contribution in [1.82, 2.24) is 25.7 Å². The van der Waals surface area contributed by atoms with Crippen LogP contribution in [0, 0.1) is 0 Å². The van der Waals surface area contributed by atoms with Gasteiger partial charge in [-0.15, -0.1) is 0 Å². The van der Waals surface area contributed by atoms with E-state index >= 15 is 0 Å². The van der Waals surface area contributed by atoms with Crippen LogP contribution in [0.4, 0.5) is 11.5 Å². The number of fused-ring (bicyclic) bond motifs is 1. The van der Waals surface area contributed by atoms with Crippen LogP contribution in [-0.2, 0) is 4.79 Å². The molecule has 2 aromatic heterocycles. The zero-order chi connectivity index (χ0) is 27.3. The van der Waals surface area contributed by atoms with Gasteiger partial charge in [0.25, 0.3) is 0 Å². The number of amides is 1. The van der Waals surface area contributed by atoms with Crippen LogP contribution in [0.3, 0.4) is 0 Å². The molecular weight excluding hydrogens is 492 g/mol. The van der Waals surface area contributed by atoms with Gasteiger partial charge in [-0.3, -0.25) is 10.0 Å². The van der Waals surface area contributed by atoms with Gasteiger partial charge in [-0.2, -0.15) is 0 Å². The van der Waals surface area contributed by atoms with E-state index < -0.39 is 0 Å². The molecule has 1 amide bonds. The number of carbonyl (C=O) groups excluding carboxylic acids is 1. The van der Waals surface area contributed by atoms with Crippen molar-refractivity contribution in [1.29, 1.82) is 0 Å². The zero-order valence-corrected chi connectivity index (χ0v) is 22.5. The first kappa shape index (κ1) is 28.1. The predicted molar refractivity (Wildman–Crippen MR) is 154 cm³/mol. The summed E-state index contributed by atoms with van der Waals surface area (Å²) in [5.74, 6) is 1.41. The molecule has 9 heteroatoms. The molecule has 0 fully saturated rings. The fourth-order valence-electron chi connectivity index (χ4n) is 4.58. The van der Waals surface area contributed by atoms with E-state index in [9.17, 15) is 4.79 Å². The molecule has 2 heterocycles. The van der Waals surface area contributed by atoms with Crippen molar-refractivity contribution in [3.8, 4) is 17.0 Å². The minimum Gasteiger partial charge on any atom is -0.492 e. The molecular formula is C30H38N6O3. The smallest absolute Gasteiger partial charge is 0.243 e. The number of hydrogen-bond donors (Lipinski definition) is 4. The minimum atomic E-state index is -0.310. The van der Waals surface area contributed by atoms with Crippen molar-refractivity contribution >= 4 is 28.4 Å². The van der Waals surface area contributed by atoms with Crippen molar-refractivity contribution < 1.29 is 14.7 Å². The van der Waals surface area contributed by atoms with E-state index in [1.54, 1.807) is 11.8 Å². The number of aromatic amines is 1. The van der Waals surface area contributed by atoms with E-state index in [1.165, 1.54) is 0 Å². The lowest BCUT2D eigenvalue weighted by Crippen LogP contribution is -2.22. The Balaban J connectivity index is 1.23. The predicted octanol–water partition coefficient (Wildman–Crippen LogP) is 5.60. The number of unbranched alkanes of at least 4 members (excludes halogenated alkanes) is 4. The van der Waals surface area contributed by atoms with Gasteiger partial charge >= 0.3 is 0 Å². The molecule has 0 bridgehead atoms. The van der Waals surface area contributed by atoms with E-state index in [2.05, 4.69) is 62.4 Å². The van der Waals surface area contributed by atoms with E-state index in [-0.39, 0.29) is 5.91 Å². The summed E-state index contributed by atoms with van der Waals surface area (Å²) in [4.78, 5) is 25.7. The largest absolute Gasteiger partial charge is 0.492 e. The number of hydrogen-bond acceptors (Lipinski definition) is 7. The van der Waals surface area contributed by atoms with E-state index in [1.807, 2.05) is 30.3 Å². The highest BCUT2D eigenvalue weighted by Gasteiger charge is 2.15. The summed E-state index contributed by atoms with van der Waals surface area (Å²) in [5.41, 5.74) is 5.62. The van der Waals surface area contributed by atoms with Gasteiger partial charge in [0.15, 0.2) is 0 Å². The van der Waals surface area contributed by atoms with Crippen molar-refractivity contribution in [2.24, 2.45) is 0 Å². The Morgan fingerprint density at radius 2 is 1.74 bits per heavy atom. The number of nitrogens with zero attached hydrogens (tertiary/aromatic N) is 3. The lowest BCUT2D eigenvalue weighted by molar-refractivity contribution is -0.129. The fraction of sp³-hybridized carbons (Fsp3) is 0.367. The van der Waals surface area contributed by atoms with E-state index in [0.29, 0.717) is 13.0 Å². The van der Waals surface area contributed by atoms with E-state index in [0.717, 1.165) is 91.3 Å². The lowest BCUT2D eigenvalue weighted by Gasteiger charge is -2.22. The first-order chi connectivity index (χ1) is 19.2. The van der Waals surface area contributed by atoms with Crippen LogP contribution in [0.2, 0.25) is 0 Å². The van der Waals surface area contributed by atoms with Gasteiger partial charge in [0.1, 0.15) is 30.1 Å². The zero-order valence-electron chi connectivity index (χ0n) is 22.5. The van der Waals surface area contributed by atoms with Crippen LogP contribution in [0.5, 0.6) is 5.75 Å². The molecule has 39 heavy (non-hydrogen) atoms. The molecule has 9 nitrogen and oxygen atoms in total. The van der Waals surface area contributed by atoms with Crippen molar-refractivity contribution in [2.45, 2.75) is 45.4 Å². The number of carbonyl (C=O) groups is 1. The Morgan fingerprint density at radius 3 is 2.51 bits per heavy atom. The molecule has 0 saturated carbocycles. The molecule has 0 unspecified atom stereocenters. The maximum Gasteiger partial charge on any atom is 0.243 e. The molecule has 4 aromatic rings. The molecule has 0 aliphatic carbocycles. The molecule has 4 N–H and O–H groups in total. The summed E-state index contributed by atoms with van der Waals surface area (Å²) >= 11 is 0. The van der Waals surface area contributed by atoms with Crippen molar-refractivity contribution in [3.05, 3.63) is 67.0 Å². The normalized spacial score (nSPS) is 11.0. The summed E-state index contributed by atoms with van der Waals surface area (Å²) in [6.07, 6.45) is 7.13. The third kappa shape index (κ3) is 8.02. The van der Waals surface area contributed by atoms with Gasteiger partial charge in [0.05, 0.1) is 5.39 Å². The number of anilines is 2. The topological polar surface area (TPSA) is 115 Å². The molecule has 206 valence electrons. The van der Waals surface area contributed by atoms with Crippen LogP contribution in [0.15, 0.2) is 67.0 Å². The maximum absolute atomic E-state index is 11.0. The standard InChI is InChI=1S/C30H38N6O3/c1-2-36(24-11-7-6-8-12-24)30-26-21-27(34-29(26)32-22-33-30)23-14-16-25(17-15-23)39-20-19-31-18-10-5-3-4-9-13-28(37)35-38/h6-8,11-12,14-17,21-22,31,38H,2-5,9-10,13,18-20H2,1H3,(H,35,37)(H,32,33,34). The number of benzene rings is 2. The van der Waals surface area contributed by atoms with Gasteiger partial charge in [-0.1, -0.05) is 37.5 Å². The van der Waals surface area contributed by atoms with Crippen LogP contribution in [0.25, 0.3) is 22.3 Å². The van der Waals surface area contributed by atoms with Crippen LogP contribution < -0.4 is 20.4 Å². The molecule has 2 aromatic carbocycles. The quantitative estimate of drug-likeness (QED) is 0.0847. The first-order valence-corrected chi connectivity index (χ1v) is 13.7. The third-order valence-electron chi connectivity index (χ3n) is 6.64. The first-order valence-electron chi connectivity index (χ1n) is 13.7. The summed E-state index contributed by atoms with van der Waals surface area (Å²) < 4.78 is 5.90. The number of ether oxygens (including phenoxy) is 1. The highest BCUT2D eigenvalue weighted by Crippen LogP contribution is 2.32. The molecule has 4 rings (SSSR count). The second-order valence-corrected chi connectivity index (χ2v) is 9.40. The Kier molecular flexibility index (Phi) is 10.7. The Bertz CT molecular complexity index is 1290. The fourth-order valence-corrected chi connectivity index (χ4v) is 4.58. The minimum absolute atomic E-state index is 0.310. The number of aromatic nitrogens is 3. The van der Waals surface area contributed by atoms with Gasteiger partial charge in [-0.25, -0.2) is 15.4 Å². The average molecular weight is 531 g/mol. The second-order valence-electron chi connectivity index (χ2n) is 9.40. The summed E-state index contributed by atoms with van der Waals surface area (Å²) in [5, 5.41) is 12.9. The average Bonchev–Trinajstić information content (AvgIpc) is 3.42. The Hall–Kier alpha value is -3.95. The molecule has 0 radical (unpaired) electrons. The number of hydroxylamine groups is 1. The van der Waals surface area contributed by atoms with Gasteiger partial charge in [-0.05, 0) is 74.3 Å². The number of H-pyrrole nitrogens is 1. The molecule has 0 aliphatic heterocycles. The highest BCUT2D eigenvalue weighted by molar-refractivity contribution is 5.93. The lowest BCUT2D eigenvalue weighted by atomic mass is 10.1. The summed E-state index contributed by atoms with van der Waals surface area (Å²) in [6, 6.07) is 20.5. The Labute approximate surface area is 229 Å². The molecule has 0 saturated heterocycles. The maximum atomic E-state index is 11.0. The third-order valence-corrected chi connectivity index (χ3v) is 6.64. The van der Waals surface area contributed by atoms with Crippen molar-refractivity contribution in [3.63, 3.8) is 0 Å². The highest BCUT2D eigenvalue weighted by atomic mass is 16.5. The summed E-state index contributed by atoms with van der Waals surface area (Å²) in [7, 11) is 0. The van der Waals surface area contributed by atoms with Gasteiger partial charge in [0, 0.05) is 30.9 Å².